The standard InChI is InChI=1S/C25H24FN5O/c26-21-6-1-2-7-23(21)31-22-8-3-5-20(22)24(28-31)25(32)30-14-4-13-29(15-16-30)19-11-9-18(17-27)10-12-19/h1-2,6-7,9-12H,3-5,8,13-16H2. The Labute approximate surface area is 186 Å². The summed E-state index contributed by atoms with van der Waals surface area (Å²) in [6.07, 6.45) is 3.41. The molecule has 1 aromatic heterocycles. The molecule has 1 amide bonds. The summed E-state index contributed by atoms with van der Waals surface area (Å²) in [7, 11) is 0. The maximum Gasteiger partial charge on any atom is 0.274 e. The highest BCUT2D eigenvalue weighted by atomic mass is 19.1. The lowest BCUT2D eigenvalue weighted by atomic mass is 10.2. The first-order valence-electron chi connectivity index (χ1n) is 11.1. The van der Waals surface area contributed by atoms with Crippen molar-refractivity contribution in [3.8, 4) is 11.8 Å². The predicted octanol–water partition coefficient (Wildman–Crippen LogP) is 3.72. The average molecular weight is 429 g/mol. The monoisotopic (exact) mass is 429 g/mol. The van der Waals surface area contributed by atoms with Gasteiger partial charge in [0.1, 0.15) is 11.5 Å². The highest BCUT2D eigenvalue weighted by Gasteiger charge is 2.31. The summed E-state index contributed by atoms with van der Waals surface area (Å²) < 4.78 is 16.1. The number of aromatic nitrogens is 2. The Morgan fingerprint density at radius 2 is 1.78 bits per heavy atom. The van der Waals surface area contributed by atoms with Crippen molar-refractivity contribution < 1.29 is 9.18 Å². The number of amides is 1. The maximum atomic E-state index is 14.4. The lowest BCUT2D eigenvalue weighted by Gasteiger charge is -2.23. The maximum absolute atomic E-state index is 14.4. The summed E-state index contributed by atoms with van der Waals surface area (Å²) in [5.41, 5.74) is 4.47. The van der Waals surface area contributed by atoms with Gasteiger partial charge in [-0.3, -0.25) is 4.79 Å². The number of fused-ring (bicyclic) bond motifs is 1. The number of anilines is 1. The van der Waals surface area contributed by atoms with Crippen molar-refractivity contribution >= 4 is 11.6 Å². The Kier molecular flexibility index (Phi) is 5.36. The van der Waals surface area contributed by atoms with E-state index in [-0.39, 0.29) is 11.7 Å². The molecule has 3 aromatic rings. The molecule has 1 fully saturated rings. The molecule has 32 heavy (non-hydrogen) atoms. The molecule has 162 valence electrons. The molecule has 5 rings (SSSR count). The Hall–Kier alpha value is -3.66. The Balaban J connectivity index is 1.37. The minimum atomic E-state index is -0.337. The smallest absolute Gasteiger partial charge is 0.274 e. The van der Waals surface area contributed by atoms with Gasteiger partial charge < -0.3 is 9.80 Å². The Morgan fingerprint density at radius 3 is 2.56 bits per heavy atom. The molecular weight excluding hydrogens is 405 g/mol. The van der Waals surface area contributed by atoms with Gasteiger partial charge in [-0.05, 0) is 62.1 Å². The quantitative estimate of drug-likeness (QED) is 0.637. The second kappa shape index (κ2) is 8.46. The van der Waals surface area contributed by atoms with Gasteiger partial charge in [0, 0.05) is 43.1 Å². The van der Waals surface area contributed by atoms with Gasteiger partial charge in [-0.25, -0.2) is 9.07 Å². The number of nitrogens with zero attached hydrogens (tertiary/aromatic N) is 5. The summed E-state index contributed by atoms with van der Waals surface area (Å²) in [5.74, 6) is -0.406. The average Bonchev–Trinajstić information content (AvgIpc) is 3.34. The third-order valence-electron chi connectivity index (χ3n) is 6.36. The lowest BCUT2D eigenvalue weighted by molar-refractivity contribution is 0.0759. The Bertz CT molecular complexity index is 1190. The van der Waals surface area contributed by atoms with Crippen LogP contribution in [-0.2, 0) is 12.8 Å². The number of rotatable bonds is 3. The van der Waals surface area contributed by atoms with Crippen molar-refractivity contribution in [2.75, 3.05) is 31.1 Å². The second-order valence-electron chi connectivity index (χ2n) is 8.28. The number of hydrogen-bond acceptors (Lipinski definition) is 4. The number of carbonyl (C=O) groups is 1. The second-order valence-corrected chi connectivity index (χ2v) is 8.28. The van der Waals surface area contributed by atoms with E-state index in [2.05, 4.69) is 16.1 Å². The topological polar surface area (TPSA) is 65.2 Å². The summed E-state index contributed by atoms with van der Waals surface area (Å²) >= 11 is 0. The van der Waals surface area contributed by atoms with Gasteiger partial charge in [-0.15, -0.1) is 0 Å². The van der Waals surface area contributed by atoms with Crippen molar-refractivity contribution in [2.45, 2.75) is 25.7 Å². The third kappa shape index (κ3) is 3.62. The summed E-state index contributed by atoms with van der Waals surface area (Å²) in [5, 5.41) is 13.6. The fourth-order valence-corrected chi connectivity index (χ4v) is 4.71. The van der Waals surface area contributed by atoms with E-state index in [1.165, 1.54) is 6.07 Å². The van der Waals surface area contributed by atoms with Gasteiger partial charge in [0.25, 0.3) is 5.91 Å². The molecule has 0 radical (unpaired) electrons. The van der Waals surface area contributed by atoms with Crippen LogP contribution in [0.15, 0.2) is 48.5 Å². The third-order valence-corrected chi connectivity index (χ3v) is 6.36. The molecule has 0 unspecified atom stereocenters. The number of nitriles is 1. The van der Waals surface area contributed by atoms with E-state index < -0.39 is 0 Å². The van der Waals surface area contributed by atoms with E-state index in [4.69, 9.17) is 5.26 Å². The fourth-order valence-electron chi connectivity index (χ4n) is 4.71. The van der Waals surface area contributed by atoms with Crippen molar-refractivity contribution in [1.29, 1.82) is 5.26 Å². The molecule has 6 nitrogen and oxygen atoms in total. The molecule has 0 N–H and O–H groups in total. The summed E-state index contributed by atoms with van der Waals surface area (Å²) in [6, 6.07) is 16.3. The molecule has 1 aliphatic heterocycles. The number of hydrogen-bond donors (Lipinski definition) is 0. The first kappa shape index (κ1) is 20.3. The Morgan fingerprint density at radius 1 is 0.969 bits per heavy atom. The number of carbonyl (C=O) groups excluding carboxylic acids is 1. The van der Waals surface area contributed by atoms with Gasteiger partial charge in [0.2, 0.25) is 0 Å². The van der Waals surface area contributed by atoms with Crippen LogP contribution >= 0.6 is 0 Å². The van der Waals surface area contributed by atoms with E-state index in [1.807, 2.05) is 29.2 Å². The predicted molar refractivity (Wildman–Crippen MR) is 119 cm³/mol. The van der Waals surface area contributed by atoms with E-state index in [1.54, 1.807) is 22.9 Å². The minimum Gasteiger partial charge on any atom is -0.370 e. The van der Waals surface area contributed by atoms with Gasteiger partial charge in [0.05, 0.1) is 11.6 Å². The molecule has 0 bridgehead atoms. The van der Waals surface area contributed by atoms with Gasteiger partial charge >= 0.3 is 0 Å². The molecule has 2 aromatic carbocycles. The highest BCUT2D eigenvalue weighted by molar-refractivity contribution is 5.94. The van der Waals surface area contributed by atoms with E-state index in [0.717, 1.165) is 49.2 Å². The van der Waals surface area contributed by atoms with Crippen LogP contribution in [0.2, 0.25) is 0 Å². The van der Waals surface area contributed by atoms with E-state index >= 15 is 0 Å². The molecule has 0 spiro atoms. The molecule has 2 aliphatic rings. The van der Waals surface area contributed by atoms with Crippen LogP contribution in [0, 0.1) is 17.1 Å². The van der Waals surface area contributed by atoms with Crippen LogP contribution in [0.25, 0.3) is 5.69 Å². The van der Waals surface area contributed by atoms with Crippen LogP contribution in [0.5, 0.6) is 0 Å². The van der Waals surface area contributed by atoms with Crippen molar-refractivity contribution in [3.05, 3.63) is 76.9 Å². The number of benzene rings is 2. The molecular formula is C25H24FN5O. The normalized spacial score (nSPS) is 15.9. The zero-order chi connectivity index (χ0) is 22.1. The fraction of sp³-hybridized carbons (Fsp3) is 0.320. The number of para-hydroxylation sites is 1. The zero-order valence-corrected chi connectivity index (χ0v) is 17.8. The molecule has 2 heterocycles. The van der Waals surface area contributed by atoms with Crippen molar-refractivity contribution in [2.24, 2.45) is 0 Å². The highest BCUT2D eigenvalue weighted by Crippen LogP contribution is 2.29. The van der Waals surface area contributed by atoms with E-state index in [9.17, 15) is 9.18 Å². The largest absolute Gasteiger partial charge is 0.370 e. The van der Waals surface area contributed by atoms with Crippen LogP contribution in [-0.4, -0.2) is 46.8 Å². The van der Waals surface area contributed by atoms with Crippen LogP contribution < -0.4 is 4.90 Å². The zero-order valence-electron chi connectivity index (χ0n) is 17.8. The van der Waals surface area contributed by atoms with Crippen LogP contribution in [0.4, 0.5) is 10.1 Å². The molecule has 1 saturated heterocycles. The van der Waals surface area contributed by atoms with Gasteiger partial charge in [-0.1, -0.05) is 12.1 Å². The van der Waals surface area contributed by atoms with Crippen LogP contribution in [0.3, 0.4) is 0 Å². The first-order valence-corrected chi connectivity index (χ1v) is 11.1. The lowest BCUT2D eigenvalue weighted by Crippen LogP contribution is -2.36. The van der Waals surface area contributed by atoms with Gasteiger partial charge in [0.15, 0.2) is 5.69 Å². The van der Waals surface area contributed by atoms with Crippen molar-refractivity contribution in [1.82, 2.24) is 14.7 Å². The molecule has 0 saturated carbocycles. The van der Waals surface area contributed by atoms with Crippen molar-refractivity contribution in [3.63, 3.8) is 0 Å². The minimum absolute atomic E-state index is 0.0695. The number of halogens is 1. The summed E-state index contributed by atoms with van der Waals surface area (Å²) in [6.45, 7) is 2.82. The first-order chi connectivity index (χ1) is 15.7. The van der Waals surface area contributed by atoms with Crippen LogP contribution in [0.1, 0.15) is 40.2 Å². The summed E-state index contributed by atoms with van der Waals surface area (Å²) in [4.78, 5) is 17.6. The van der Waals surface area contributed by atoms with E-state index in [0.29, 0.717) is 36.6 Å². The van der Waals surface area contributed by atoms with Gasteiger partial charge in [-0.2, -0.15) is 10.4 Å². The molecule has 1 aliphatic carbocycles. The molecule has 0 atom stereocenters. The molecule has 7 heteroatoms. The SMILES string of the molecule is N#Cc1ccc(N2CCCN(C(=O)c3nn(-c4ccccc4F)c4c3CCC4)CC2)cc1.